The monoisotopic (exact) mass is 234 g/mol. The zero-order valence-electron chi connectivity index (χ0n) is 8.56. The quantitative estimate of drug-likeness (QED) is 0.888. The standard InChI is InChI=1S/C12H11ClN2O/c13-10-3-1-9(2-4-10)8-16-12-7-11(14)5-6-15-12/h1-7H,8H2,(H2,14,15). The van der Waals surface area contributed by atoms with Crippen LogP contribution in [0.2, 0.25) is 5.02 Å². The molecule has 1 aromatic carbocycles. The zero-order valence-corrected chi connectivity index (χ0v) is 9.32. The van der Waals surface area contributed by atoms with E-state index in [9.17, 15) is 0 Å². The normalized spacial score (nSPS) is 10.1. The predicted molar refractivity (Wildman–Crippen MR) is 64.4 cm³/mol. The molecule has 2 aromatic rings. The fraction of sp³-hybridized carbons (Fsp3) is 0.0833. The maximum absolute atomic E-state index is 5.78. The van der Waals surface area contributed by atoms with Crippen molar-refractivity contribution in [3.63, 3.8) is 0 Å². The first-order valence-electron chi connectivity index (χ1n) is 4.83. The van der Waals surface area contributed by atoms with Gasteiger partial charge in [-0.05, 0) is 23.8 Å². The lowest BCUT2D eigenvalue weighted by Gasteiger charge is -2.05. The van der Waals surface area contributed by atoms with Crippen molar-refractivity contribution in [1.29, 1.82) is 0 Å². The van der Waals surface area contributed by atoms with E-state index in [-0.39, 0.29) is 0 Å². The summed E-state index contributed by atoms with van der Waals surface area (Å²) < 4.78 is 5.48. The highest BCUT2D eigenvalue weighted by Gasteiger charge is 1.97. The number of anilines is 1. The maximum Gasteiger partial charge on any atom is 0.215 e. The van der Waals surface area contributed by atoms with E-state index in [1.54, 1.807) is 18.3 Å². The highest BCUT2D eigenvalue weighted by Crippen LogP contribution is 2.14. The summed E-state index contributed by atoms with van der Waals surface area (Å²) in [5, 5.41) is 0.714. The molecule has 0 saturated heterocycles. The van der Waals surface area contributed by atoms with Gasteiger partial charge in [0.1, 0.15) is 6.61 Å². The molecule has 0 bridgehead atoms. The number of nitrogen functional groups attached to an aromatic ring is 1. The van der Waals surface area contributed by atoms with Gasteiger partial charge in [0.15, 0.2) is 0 Å². The summed E-state index contributed by atoms with van der Waals surface area (Å²) in [5.41, 5.74) is 7.29. The first-order chi connectivity index (χ1) is 7.74. The molecule has 82 valence electrons. The highest BCUT2D eigenvalue weighted by atomic mass is 35.5. The van der Waals surface area contributed by atoms with Gasteiger partial charge in [0.05, 0.1) is 0 Å². The van der Waals surface area contributed by atoms with E-state index in [0.29, 0.717) is 23.2 Å². The highest BCUT2D eigenvalue weighted by molar-refractivity contribution is 6.30. The molecule has 1 aromatic heterocycles. The Bertz CT molecular complexity index is 471. The Hall–Kier alpha value is -1.74. The second kappa shape index (κ2) is 4.86. The van der Waals surface area contributed by atoms with Crippen molar-refractivity contribution < 1.29 is 4.74 Å². The Morgan fingerprint density at radius 2 is 1.94 bits per heavy atom. The van der Waals surface area contributed by atoms with E-state index in [2.05, 4.69) is 4.98 Å². The van der Waals surface area contributed by atoms with Gasteiger partial charge in [-0.1, -0.05) is 23.7 Å². The average Bonchev–Trinajstić information content (AvgIpc) is 2.28. The van der Waals surface area contributed by atoms with Gasteiger partial charge in [0, 0.05) is 23.0 Å². The molecule has 0 amide bonds. The molecule has 0 saturated carbocycles. The third-order valence-corrected chi connectivity index (χ3v) is 2.31. The third kappa shape index (κ3) is 2.87. The molecule has 2 N–H and O–H groups in total. The number of rotatable bonds is 3. The maximum atomic E-state index is 5.78. The fourth-order valence-corrected chi connectivity index (χ4v) is 1.37. The van der Waals surface area contributed by atoms with E-state index < -0.39 is 0 Å². The van der Waals surface area contributed by atoms with E-state index in [0.717, 1.165) is 5.56 Å². The first kappa shape index (κ1) is 10.8. The number of hydrogen-bond acceptors (Lipinski definition) is 3. The predicted octanol–water partition coefficient (Wildman–Crippen LogP) is 2.90. The first-order valence-corrected chi connectivity index (χ1v) is 5.20. The van der Waals surface area contributed by atoms with Crippen molar-refractivity contribution in [3.8, 4) is 5.88 Å². The van der Waals surface area contributed by atoms with Crippen molar-refractivity contribution >= 4 is 17.3 Å². The number of nitrogens with zero attached hydrogens (tertiary/aromatic N) is 1. The molecule has 3 nitrogen and oxygen atoms in total. The molecule has 0 aliphatic heterocycles. The molecule has 0 fully saturated rings. The molecule has 0 atom stereocenters. The number of benzene rings is 1. The van der Waals surface area contributed by atoms with Crippen LogP contribution < -0.4 is 10.5 Å². The van der Waals surface area contributed by atoms with Crippen LogP contribution in [-0.2, 0) is 6.61 Å². The van der Waals surface area contributed by atoms with Crippen molar-refractivity contribution in [2.24, 2.45) is 0 Å². The lowest BCUT2D eigenvalue weighted by molar-refractivity contribution is 0.294. The van der Waals surface area contributed by atoms with Crippen LogP contribution >= 0.6 is 11.6 Å². The van der Waals surface area contributed by atoms with Gasteiger partial charge in [0.2, 0.25) is 5.88 Å². The topological polar surface area (TPSA) is 48.1 Å². The third-order valence-electron chi connectivity index (χ3n) is 2.06. The Balaban J connectivity index is 1.99. The summed E-state index contributed by atoms with van der Waals surface area (Å²) in [7, 11) is 0. The van der Waals surface area contributed by atoms with Crippen LogP contribution in [0, 0.1) is 0 Å². The number of aromatic nitrogens is 1. The second-order valence-corrected chi connectivity index (χ2v) is 3.78. The van der Waals surface area contributed by atoms with Crippen LogP contribution in [-0.4, -0.2) is 4.98 Å². The van der Waals surface area contributed by atoms with E-state index in [1.807, 2.05) is 24.3 Å². The summed E-state index contributed by atoms with van der Waals surface area (Å²) in [4.78, 5) is 4.04. The summed E-state index contributed by atoms with van der Waals surface area (Å²) in [5.74, 6) is 0.523. The van der Waals surface area contributed by atoms with Crippen molar-refractivity contribution in [3.05, 3.63) is 53.2 Å². The Morgan fingerprint density at radius 3 is 2.62 bits per heavy atom. The van der Waals surface area contributed by atoms with Crippen molar-refractivity contribution in [1.82, 2.24) is 4.98 Å². The summed E-state index contributed by atoms with van der Waals surface area (Å²) in [6.07, 6.45) is 1.62. The van der Waals surface area contributed by atoms with Crippen LogP contribution in [0.3, 0.4) is 0 Å². The Morgan fingerprint density at radius 1 is 1.19 bits per heavy atom. The molecule has 0 radical (unpaired) electrons. The average molecular weight is 235 g/mol. The number of hydrogen-bond donors (Lipinski definition) is 1. The Kier molecular flexibility index (Phi) is 3.27. The van der Waals surface area contributed by atoms with Crippen LogP contribution in [0.4, 0.5) is 5.69 Å². The van der Waals surface area contributed by atoms with Gasteiger partial charge in [-0.3, -0.25) is 0 Å². The molecule has 0 aliphatic carbocycles. The molecule has 0 aliphatic rings. The minimum Gasteiger partial charge on any atom is -0.473 e. The second-order valence-electron chi connectivity index (χ2n) is 3.34. The number of nitrogens with two attached hydrogens (primary N) is 1. The van der Waals surface area contributed by atoms with Crippen LogP contribution in [0.25, 0.3) is 0 Å². The fourth-order valence-electron chi connectivity index (χ4n) is 1.24. The summed E-state index contributed by atoms with van der Waals surface area (Å²) >= 11 is 5.78. The number of ether oxygens (including phenoxy) is 1. The lowest BCUT2D eigenvalue weighted by atomic mass is 10.2. The van der Waals surface area contributed by atoms with Crippen LogP contribution in [0.5, 0.6) is 5.88 Å². The SMILES string of the molecule is Nc1ccnc(OCc2ccc(Cl)cc2)c1. The van der Waals surface area contributed by atoms with E-state index >= 15 is 0 Å². The minimum atomic E-state index is 0.452. The van der Waals surface area contributed by atoms with Crippen LogP contribution in [0.15, 0.2) is 42.6 Å². The zero-order chi connectivity index (χ0) is 11.4. The van der Waals surface area contributed by atoms with Gasteiger partial charge < -0.3 is 10.5 Å². The van der Waals surface area contributed by atoms with E-state index in [4.69, 9.17) is 22.1 Å². The molecular weight excluding hydrogens is 224 g/mol. The van der Waals surface area contributed by atoms with Crippen molar-refractivity contribution in [2.75, 3.05) is 5.73 Å². The van der Waals surface area contributed by atoms with Gasteiger partial charge >= 0.3 is 0 Å². The minimum absolute atomic E-state index is 0.452. The van der Waals surface area contributed by atoms with Gasteiger partial charge in [0.25, 0.3) is 0 Å². The molecule has 16 heavy (non-hydrogen) atoms. The molecular formula is C12H11ClN2O. The Labute approximate surface area is 98.8 Å². The van der Waals surface area contributed by atoms with Gasteiger partial charge in [-0.15, -0.1) is 0 Å². The molecule has 0 unspecified atom stereocenters. The van der Waals surface area contributed by atoms with Gasteiger partial charge in [-0.2, -0.15) is 0 Å². The van der Waals surface area contributed by atoms with Crippen molar-refractivity contribution in [2.45, 2.75) is 6.61 Å². The lowest BCUT2D eigenvalue weighted by Crippen LogP contribution is -1.97. The summed E-state index contributed by atoms with van der Waals surface area (Å²) in [6.45, 7) is 0.452. The largest absolute Gasteiger partial charge is 0.473 e. The molecule has 2 rings (SSSR count). The number of pyridine rings is 1. The van der Waals surface area contributed by atoms with Gasteiger partial charge in [-0.25, -0.2) is 4.98 Å². The molecule has 0 spiro atoms. The summed E-state index contributed by atoms with van der Waals surface area (Å²) in [6, 6.07) is 10.9. The molecule has 4 heteroatoms. The molecule has 1 heterocycles. The number of halogens is 1. The van der Waals surface area contributed by atoms with E-state index in [1.165, 1.54) is 0 Å². The smallest absolute Gasteiger partial charge is 0.215 e. The van der Waals surface area contributed by atoms with Crippen LogP contribution in [0.1, 0.15) is 5.56 Å².